The van der Waals surface area contributed by atoms with E-state index in [1.807, 2.05) is 6.07 Å². The zero-order valence-electron chi connectivity index (χ0n) is 13.3. The molecule has 1 saturated carbocycles. The summed E-state index contributed by atoms with van der Waals surface area (Å²) in [6.07, 6.45) is 8.14. The van der Waals surface area contributed by atoms with Crippen LogP contribution in [0.15, 0.2) is 41.2 Å². The van der Waals surface area contributed by atoms with Gasteiger partial charge in [-0.2, -0.15) is 0 Å². The Hall–Kier alpha value is -1.30. The zero-order valence-corrected chi connectivity index (χ0v) is 15.4. The van der Waals surface area contributed by atoms with Crippen LogP contribution in [-0.4, -0.2) is 11.0 Å². The highest BCUT2D eigenvalue weighted by molar-refractivity contribution is 14.1. The molecule has 0 radical (unpaired) electrons. The molecule has 122 valence electrons. The summed E-state index contributed by atoms with van der Waals surface area (Å²) in [7, 11) is 0. The molecule has 1 aromatic heterocycles. The summed E-state index contributed by atoms with van der Waals surface area (Å²) in [6, 6.07) is 13.0. The van der Waals surface area contributed by atoms with Gasteiger partial charge in [0.05, 0.1) is 5.69 Å². The molecule has 1 fully saturated rings. The molecule has 4 heteroatoms. The lowest BCUT2D eigenvalue weighted by molar-refractivity contribution is 0.462. The van der Waals surface area contributed by atoms with Crippen molar-refractivity contribution in [2.45, 2.75) is 51.0 Å². The van der Waals surface area contributed by atoms with Gasteiger partial charge in [0.25, 0.3) is 5.56 Å². The van der Waals surface area contributed by atoms with Crippen LogP contribution in [0.2, 0.25) is 0 Å². The second kappa shape index (κ2) is 7.99. The molecule has 2 N–H and O–H groups in total. The summed E-state index contributed by atoms with van der Waals surface area (Å²) in [6.45, 7) is 0. The number of pyridine rings is 1. The van der Waals surface area contributed by atoms with Crippen molar-refractivity contribution in [3.8, 4) is 0 Å². The minimum absolute atomic E-state index is 0.0227. The van der Waals surface area contributed by atoms with Crippen LogP contribution in [0.1, 0.15) is 43.4 Å². The van der Waals surface area contributed by atoms with Gasteiger partial charge in [-0.1, -0.05) is 49.6 Å². The Kier molecular flexibility index (Phi) is 5.75. The van der Waals surface area contributed by atoms with Crippen molar-refractivity contribution >= 4 is 28.3 Å². The maximum atomic E-state index is 12.2. The monoisotopic (exact) mass is 422 g/mol. The van der Waals surface area contributed by atoms with E-state index in [-0.39, 0.29) is 5.56 Å². The number of aryl methyl sites for hydroxylation is 2. The number of nitrogens with one attached hydrogen (secondary N) is 2. The van der Waals surface area contributed by atoms with E-state index >= 15 is 0 Å². The minimum Gasteiger partial charge on any atom is -0.381 e. The van der Waals surface area contributed by atoms with E-state index in [9.17, 15) is 4.79 Å². The van der Waals surface area contributed by atoms with Gasteiger partial charge in [-0.05, 0) is 59.9 Å². The highest BCUT2D eigenvalue weighted by Crippen LogP contribution is 2.24. The summed E-state index contributed by atoms with van der Waals surface area (Å²) < 4.78 is 0.775. The number of anilines is 1. The predicted molar refractivity (Wildman–Crippen MR) is 104 cm³/mol. The number of H-pyrrole nitrogens is 1. The summed E-state index contributed by atoms with van der Waals surface area (Å²) in [5.74, 6) is 0. The number of halogens is 1. The number of rotatable bonds is 5. The van der Waals surface area contributed by atoms with E-state index < -0.39 is 0 Å². The first-order chi connectivity index (χ1) is 11.2. The maximum absolute atomic E-state index is 12.2. The normalized spacial score (nSPS) is 15.5. The van der Waals surface area contributed by atoms with Crippen LogP contribution in [-0.2, 0) is 12.8 Å². The molecular weight excluding hydrogens is 399 g/mol. The summed E-state index contributed by atoms with van der Waals surface area (Å²) in [5, 5.41) is 3.60. The molecule has 0 unspecified atom stereocenters. The summed E-state index contributed by atoms with van der Waals surface area (Å²) in [5.41, 5.74) is 3.34. The highest BCUT2D eigenvalue weighted by Gasteiger charge is 2.15. The lowest BCUT2D eigenvalue weighted by Gasteiger charge is -2.24. The molecule has 2 aromatic rings. The van der Waals surface area contributed by atoms with Crippen molar-refractivity contribution in [2.24, 2.45) is 0 Å². The van der Waals surface area contributed by atoms with Gasteiger partial charge in [0.1, 0.15) is 3.57 Å². The Morgan fingerprint density at radius 3 is 2.57 bits per heavy atom. The summed E-state index contributed by atoms with van der Waals surface area (Å²) >= 11 is 2.15. The molecule has 0 bridgehead atoms. The maximum Gasteiger partial charge on any atom is 0.263 e. The Balaban J connectivity index is 1.72. The van der Waals surface area contributed by atoms with Crippen molar-refractivity contribution in [3.05, 3.63) is 61.6 Å². The number of hydrogen-bond donors (Lipinski definition) is 2. The van der Waals surface area contributed by atoms with Crippen LogP contribution in [0.4, 0.5) is 5.69 Å². The second-order valence-corrected chi connectivity index (χ2v) is 7.39. The number of benzene rings is 1. The topological polar surface area (TPSA) is 44.9 Å². The molecule has 0 amide bonds. The Morgan fingerprint density at radius 2 is 1.83 bits per heavy atom. The smallest absolute Gasteiger partial charge is 0.263 e. The van der Waals surface area contributed by atoms with E-state index in [1.54, 1.807) is 0 Å². The Morgan fingerprint density at radius 1 is 1.09 bits per heavy atom. The van der Waals surface area contributed by atoms with Crippen molar-refractivity contribution < 1.29 is 0 Å². The Bertz CT molecular complexity index is 690. The van der Waals surface area contributed by atoms with E-state index in [4.69, 9.17) is 0 Å². The van der Waals surface area contributed by atoms with Gasteiger partial charge in [0.2, 0.25) is 0 Å². The van der Waals surface area contributed by atoms with Crippen molar-refractivity contribution in [1.82, 2.24) is 4.98 Å². The van der Waals surface area contributed by atoms with Crippen LogP contribution >= 0.6 is 22.6 Å². The molecule has 1 aliphatic carbocycles. The molecule has 0 aliphatic heterocycles. The average Bonchev–Trinajstić information content (AvgIpc) is 2.59. The van der Waals surface area contributed by atoms with Crippen LogP contribution in [0, 0.1) is 3.57 Å². The van der Waals surface area contributed by atoms with Gasteiger partial charge in [-0.25, -0.2) is 0 Å². The molecule has 1 aliphatic rings. The summed E-state index contributed by atoms with van der Waals surface area (Å²) in [4.78, 5) is 15.2. The van der Waals surface area contributed by atoms with Gasteiger partial charge in [-0.15, -0.1) is 0 Å². The molecule has 3 rings (SSSR count). The van der Waals surface area contributed by atoms with Crippen LogP contribution in [0.25, 0.3) is 0 Å². The first-order valence-electron chi connectivity index (χ1n) is 8.44. The quantitative estimate of drug-likeness (QED) is 0.697. The van der Waals surface area contributed by atoms with Crippen LogP contribution in [0.3, 0.4) is 0 Å². The fourth-order valence-corrected chi connectivity index (χ4v) is 3.67. The first-order valence-corrected chi connectivity index (χ1v) is 9.52. The molecule has 1 aromatic carbocycles. The largest absolute Gasteiger partial charge is 0.381 e. The molecule has 0 spiro atoms. The van der Waals surface area contributed by atoms with Crippen molar-refractivity contribution in [1.29, 1.82) is 0 Å². The molecule has 3 nitrogen and oxygen atoms in total. The molecule has 0 atom stereocenters. The van der Waals surface area contributed by atoms with Gasteiger partial charge >= 0.3 is 0 Å². The fourth-order valence-electron chi connectivity index (χ4n) is 3.23. The number of hydrogen-bond acceptors (Lipinski definition) is 2. The number of aromatic amines is 1. The van der Waals surface area contributed by atoms with Gasteiger partial charge in [0.15, 0.2) is 0 Å². The molecule has 1 heterocycles. The zero-order chi connectivity index (χ0) is 16.1. The SMILES string of the molecule is O=c1[nH]c(CCc2ccccc2)cc(NC2CCCCC2)c1I. The fraction of sp³-hybridized carbons (Fsp3) is 0.421. The molecule has 0 saturated heterocycles. The third-order valence-corrected chi connectivity index (χ3v) is 5.59. The van der Waals surface area contributed by atoms with E-state index in [0.29, 0.717) is 6.04 Å². The first kappa shape index (κ1) is 16.6. The predicted octanol–water partition coefficient (Wildman–Crippen LogP) is 4.51. The third-order valence-electron chi connectivity index (χ3n) is 4.52. The lowest BCUT2D eigenvalue weighted by atomic mass is 9.95. The molecule has 23 heavy (non-hydrogen) atoms. The standard InChI is InChI=1S/C19H23IN2O/c20-18-17(21-15-9-5-2-6-10-15)13-16(22-19(18)23)12-11-14-7-3-1-4-8-14/h1,3-4,7-8,13,15H,2,5-6,9-12H2,(H2,21,22,23). The highest BCUT2D eigenvalue weighted by atomic mass is 127. The van der Waals surface area contributed by atoms with E-state index in [1.165, 1.54) is 37.7 Å². The van der Waals surface area contributed by atoms with Gasteiger partial charge < -0.3 is 10.3 Å². The van der Waals surface area contributed by atoms with Crippen molar-refractivity contribution in [2.75, 3.05) is 5.32 Å². The molecular formula is C19H23IN2O. The van der Waals surface area contributed by atoms with E-state index in [0.717, 1.165) is 27.8 Å². The van der Waals surface area contributed by atoms with Gasteiger partial charge in [-0.3, -0.25) is 4.79 Å². The van der Waals surface area contributed by atoms with Crippen LogP contribution in [0.5, 0.6) is 0 Å². The Labute approximate surface area is 151 Å². The van der Waals surface area contributed by atoms with E-state index in [2.05, 4.69) is 63.2 Å². The minimum atomic E-state index is 0.0227. The second-order valence-electron chi connectivity index (χ2n) is 6.32. The van der Waals surface area contributed by atoms with Gasteiger partial charge in [0, 0.05) is 11.7 Å². The average molecular weight is 422 g/mol. The lowest BCUT2D eigenvalue weighted by Crippen LogP contribution is -2.25. The van der Waals surface area contributed by atoms with Crippen LogP contribution < -0.4 is 10.9 Å². The van der Waals surface area contributed by atoms with Crippen molar-refractivity contribution in [3.63, 3.8) is 0 Å². The number of aromatic nitrogens is 1. The third kappa shape index (κ3) is 4.59.